The van der Waals surface area contributed by atoms with Gasteiger partial charge in [-0.3, -0.25) is 0 Å². The van der Waals surface area contributed by atoms with Crippen molar-refractivity contribution in [3.8, 4) is 67.5 Å². The van der Waals surface area contributed by atoms with Crippen LogP contribution in [0.15, 0.2) is 146 Å². The van der Waals surface area contributed by atoms with Crippen molar-refractivity contribution in [2.75, 3.05) is 26.4 Å². The third-order valence-corrected chi connectivity index (χ3v) is 21.0. The zero-order valence-electron chi connectivity index (χ0n) is 63.8. The summed E-state index contributed by atoms with van der Waals surface area (Å²) in [6, 6.07) is 56.6. The van der Waals surface area contributed by atoms with Gasteiger partial charge in [-0.05, 0) is 191 Å². The molecular weight excluding hydrogens is 1220 g/mol. The van der Waals surface area contributed by atoms with Gasteiger partial charge >= 0.3 is 0 Å². The van der Waals surface area contributed by atoms with E-state index < -0.39 is 0 Å². The molecule has 0 spiro atoms. The maximum atomic E-state index is 7.57. The Bertz CT molecular complexity index is 3070. The smallest absolute Gasteiger partial charge is 0.126 e. The van der Waals surface area contributed by atoms with E-state index in [1.807, 2.05) is 0 Å². The molecule has 8 aromatic carbocycles. The molecule has 0 radical (unpaired) electrons. The molecule has 8 aromatic rings. The van der Waals surface area contributed by atoms with Gasteiger partial charge in [0.05, 0.1) is 26.4 Å². The third-order valence-electron chi connectivity index (χ3n) is 21.0. The van der Waals surface area contributed by atoms with Gasteiger partial charge in [-0.25, -0.2) is 0 Å². The third kappa shape index (κ3) is 24.6. The van der Waals surface area contributed by atoms with Gasteiger partial charge in [0.25, 0.3) is 0 Å². The van der Waals surface area contributed by atoms with Crippen LogP contribution in [-0.2, 0) is 25.7 Å². The monoisotopic (exact) mass is 1340 g/mol. The minimum absolute atomic E-state index is 0.631. The Labute approximate surface area is 608 Å². The van der Waals surface area contributed by atoms with E-state index in [9.17, 15) is 0 Å². The topological polar surface area (TPSA) is 36.9 Å². The molecule has 0 fully saturated rings. The molecule has 100 heavy (non-hydrogen) atoms. The molecule has 9 rings (SSSR count). The largest absolute Gasteiger partial charge is 0.493 e. The van der Waals surface area contributed by atoms with Crippen LogP contribution >= 0.6 is 0 Å². The van der Waals surface area contributed by atoms with Crippen LogP contribution in [0.2, 0.25) is 0 Å². The fourth-order valence-electron chi connectivity index (χ4n) is 14.9. The molecule has 0 amide bonds. The van der Waals surface area contributed by atoms with Gasteiger partial charge in [-0.2, -0.15) is 0 Å². The van der Waals surface area contributed by atoms with Crippen LogP contribution in [0, 0.1) is 27.7 Å². The number of unbranched alkanes of at least 4 members (excludes halogenated alkanes) is 28. The fraction of sp³-hybridized carbons (Fsp3) is 0.500. The lowest BCUT2D eigenvalue weighted by molar-refractivity contribution is 0.293. The molecule has 1 aliphatic rings. The van der Waals surface area contributed by atoms with Gasteiger partial charge in [0.15, 0.2) is 0 Å². The van der Waals surface area contributed by atoms with E-state index in [4.69, 9.17) is 18.9 Å². The fourth-order valence-corrected chi connectivity index (χ4v) is 14.9. The van der Waals surface area contributed by atoms with Crippen molar-refractivity contribution in [2.24, 2.45) is 0 Å². The van der Waals surface area contributed by atoms with E-state index in [1.54, 1.807) is 0 Å². The Morgan fingerprint density at radius 3 is 0.500 bits per heavy atom. The molecule has 0 unspecified atom stereocenters. The number of ether oxygens (including phenoxy) is 4. The SMILES string of the molecule is CCCCCCCCCCOc1c2cc(-c3ccc(C)cc3)cc1Cc1cc(-c3ccc(C)cc3)cc(c1OCCCCCCCCCC)Cc1cc(-c3ccc(C)cc3)cc(c1OCCCCCCCCCC)Cc1cc(-c3ccc(C)cc3)cc(c1OCCCCCCCCCC)C2. The van der Waals surface area contributed by atoms with E-state index >= 15 is 0 Å². The number of benzene rings is 8. The lowest BCUT2D eigenvalue weighted by Gasteiger charge is -2.25. The van der Waals surface area contributed by atoms with E-state index in [-0.39, 0.29) is 0 Å². The lowest BCUT2D eigenvalue weighted by Crippen LogP contribution is -2.11. The molecule has 0 N–H and O–H groups in total. The standard InChI is InChI=1S/C96H128O4/c1-9-13-17-21-25-29-33-37-57-97-93-85-61-81(77-49-41-73(5)42-50-77)62-86(93)70-88-64-83(79-53-45-75(7)46-54-79)66-90(95(88)99-59-39-35-31-27-23-19-15-11-3)72-92-68-84(80-55-47-76(8)48-56-80)67-91(96(92)100-60-40-36-32-28-24-20-16-12-4)71-89-65-82(78-51-43-74(6)44-52-78)63-87(69-85)94(89)98-58-38-34-30-26-22-18-14-10-2/h41-56,61-68H,9-40,57-60,69-72H2,1-8H3. The molecule has 4 heteroatoms. The van der Waals surface area contributed by atoms with E-state index in [2.05, 4.69) is 201 Å². The Kier molecular flexibility index (Phi) is 33.2. The molecule has 1 aliphatic carbocycles. The molecule has 0 saturated heterocycles. The molecule has 0 atom stereocenters. The summed E-state index contributed by atoms with van der Waals surface area (Å²) < 4.78 is 30.3. The maximum absolute atomic E-state index is 7.57. The molecule has 0 aliphatic heterocycles. The Morgan fingerprint density at radius 1 is 0.190 bits per heavy atom. The molecule has 8 bridgehead atoms. The second kappa shape index (κ2) is 43.0. The highest BCUT2D eigenvalue weighted by Crippen LogP contribution is 2.45. The summed E-state index contributed by atoms with van der Waals surface area (Å²) in [5, 5.41) is 0. The highest BCUT2D eigenvalue weighted by Gasteiger charge is 2.26. The van der Waals surface area contributed by atoms with Crippen LogP contribution in [0.1, 0.15) is 300 Å². The van der Waals surface area contributed by atoms with Gasteiger partial charge in [0, 0.05) is 25.7 Å². The van der Waals surface area contributed by atoms with Crippen molar-refractivity contribution in [1.29, 1.82) is 0 Å². The predicted octanol–water partition coefficient (Wildman–Crippen LogP) is 28.3. The summed E-state index contributed by atoms with van der Waals surface area (Å²) in [7, 11) is 0. The van der Waals surface area contributed by atoms with Crippen molar-refractivity contribution in [1.82, 2.24) is 0 Å². The summed E-state index contributed by atoms with van der Waals surface area (Å²) in [5.74, 6) is 4.01. The van der Waals surface area contributed by atoms with Gasteiger partial charge in [-0.1, -0.05) is 327 Å². The van der Waals surface area contributed by atoms with Crippen LogP contribution in [0.25, 0.3) is 44.5 Å². The molecule has 4 nitrogen and oxygen atoms in total. The first-order chi connectivity index (χ1) is 49.1. The van der Waals surface area contributed by atoms with E-state index in [0.29, 0.717) is 52.1 Å². The normalized spacial score (nSPS) is 12.1. The second-order valence-electron chi connectivity index (χ2n) is 30.0. The van der Waals surface area contributed by atoms with Gasteiger partial charge in [-0.15, -0.1) is 0 Å². The van der Waals surface area contributed by atoms with E-state index in [0.717, 1.165) is 74.4 Å². The minimum Gasteiger partial charge on any atom is -0.493 e. The van der Waals surface area contributed by atoms with Gasteiger partial charge in [0.1, 0.15) is 23.0 Å². The van der Waals surface area contributed by atoms with Crippen molar-refractivity contribution < 1.29 is 18.9 Å². The molecule has 0 saturated carbocycles. The number of rotatable bonds is 44. The zero-order chi connectivity index (χ0) is 69.9. The minimum atomic E-state index is 0.631. The van der Waals surface area contributed by atoms with Crippen molar-refractivity contribution >= 4 is 0 Å². The average molecular weight is 1350 g/mol. The predicted molar refractivity (Wildman–Crippen MR) is 430 cm³/mol. The van der Waals surface area contributed by atoms with Crippen LogP contribution in [0.4, 0.5) is 0 Å². The Hall–Kier alpha value is -7.04. The number of hydrogen-bond donors (Lipinski definition) is 0. The number of fused-ring (bicyclic) bond motifs is 8. The number of hydrogen-bond acceptors (Lipinski definition) is 4. The van der Waals surface area contributed by atoms with E-state index in [1.165, 1.54) is 265 Å². The van der Waals surface area contributed by atoms with Crippen molar-refractivity contribution in [3.63, 3.8) is 0 Å². The van der Waals surface area contributed by atoms with Crippen LogP contribution in [-0.4, -0.2) is 26.4 Å². The molecule has 0 aromatic heterocycles. The summed E-state index contributed by atoms with van der Waals surface area (Å²) in [5.41, 5.74) is 24.2. The molecule has 536 valence electrons. The summed E-state index contributed by atoms with van der Waals surface area (Å²) in [6.07, 6.45) is 42.3. The molecular formula is C96H128O4. The summed E-state index contributed by atoms with van der Waals surface area (Å²) in [4.78, 5) is 0. The zero-order valence-corrected chi connectivity index (χ0v) is 63.8. The first-order valence-corrected chi connectivity index (χ1v) is 40.5. The van der Waals surface area contributed by atoms with Gasteiger partial charge < -0.3 is 18.9 Å². The maximum Gasteiger partial charge on any atom is 0.126 e. The lowest BCUT2D eigenvalue weighted by atomic mass is 9.86. The summed E-state index contributed by atoms with van der Waals surface area (Å²) in [6.45, 7) is 20.7. The van der Waals surface area contributed by atoms with Crippen molar-refractivity contribution in [3.05, 3.63) is 212 Å². The Morgan fingerprint density at radius 2 is 0.340 bits per heavy atom. The van der Waals surface area contributed by atoms with Crippen LogP contribution in [0.3, 0.4) is 0 Å². The average Bonchev–Trinajstić information content (AvgIpc) is 0.771. The Balaban J connectivity index is 1.29. The highest BCUT2D eigenvalue weighted by molar-refractivity contribution is 5.75. The van der Waals surface area contributed by atoms with Crippen LogP contribution in [0.5, 0.6) is 23.0 Å². The van der Waals surface area contributed by atoms with Crippen molar-refractivity contribution in [2.45, 2.75) is 287 Å². The molecule has 0 heterocycles. The first kappa shape index (κ1) is 77.1. The van der Waals surface area contributed by atoms with Crippen LogP contribution < -0.4 is 18.9 Å². The highest BCUT2D eigenvalue weighted by atomic mass is 16.5. The summed E-state index contributed by atoms with van der Waals surface area (Å²) >= 11 is 0. The quantitative estimate of drug-likeness (QED) is 0.0357. The first-order valence-electron chi connectivity index (χ1n) is 40.5. The second-order valence-corrected chi connectivity index (χ2v) is 30.0. The van der Waals surface area contributed by atoms with Gasteiger partial charge in [0.2, 0.25) is 0 Å². The number of aryl methyl sites for hydroxylation is 4.